The van der Waals surface area contributed by atoms with Crippen LogP contribution in [0.2, 0.25) is 0 Å². The highest BCUT2D eigenvalue weighted by Crippen LogP contribution is 2.17. The van der Waals surface area contributed by atoms with Crippen LogP contribution < -0.4 is 20.1 Å². The van der Waals surface area contributed by atoms with Crippen LogP contribution in [0.1, 0.15) is 19.4 Å². The molecular formula is C20H24N2O4. The van der Waals surface area contributed by atoms with Crippen molar-refractivity contribution in [1.82, 2.24) is 5.32 Å². The van der Waals surface area contributed by atoms with Gasteiger partial charge >= 0.3 is 0 Å². The summed E-state index contributed by atoms with van der Waals surface area (Å²) in [6, 6.07) is 14.6. The van der Waals surface area contributed by atoms with E-state index in [2.05, 4.69) is 10.6 Å². The van der Waals surface area contributed by atoms with Crippen LogP contribution in [0.5, 0.6) is 11.5 Å². The van der Waals surface area contributed by atoms with Crippen molar-refractivity contribution in [3.63, 3.8) is 0 Å². The summed E-state index contributed by atoms with van der Waals surface area (Å²) in [5.74, 6) is 1.34. The lowest BCUT2D eigenvalue weighted by Crippen LogP contribution is -2.29. The number of amides is 2. The normalized spacial score (nSPS) is 10.1. The molecule has 0 spiro atoms. The highest BCUT2D eigenvalue weighted by molar-refractivity contribution is 5.88. The molecule has 0 aliphatic heterocycles. The van der Waals surface area contributed by atoms with Crippen molar-refractivity contribution in [2.75, 3.05) is 25.1 Å². The maximum Gasteiger partial charge on any atom is 0.224 e. The number of carbonyl (C=O) groups is 2. The van der Waals surface area contributed by atoms with Crippen LogP contribution in [0.3, 0.4) is 0 Å². The Morgan fingerprint density at radius 1 is 0.923 bits per heavy atom. The van der Waals surface area contributed by atoms with Gasteiger partial charge in [-0.25, -0.2) is 0 Å². The average Bonchev–Trinajstić information content (AvgIpc) is 2.62. The summed E-state index contributed by atoms with van der Waals surface area (Å²) < 4.78 is 10.9. The van der Waals surface area contributed by atoms with Gasteiger partial charge in [0.15, 0.2) is 0 Å². The van der Waals surface area contributed by atoms with E-state index in [9.17, 15) is 9.59 Å². The van der Waals surface area contributed by atoms with Gasteiger partial charge in [0.1, 0.15) is 18.1 Å². The van der Waals surface area contributed by atoms with Gasteiger partial charge < -0.3 is 20.1 Å². The molecule has 138 valence electrons. The predicted molar refractivity (Wildman–Crippen MR) is 101 cm³/mol. The van der Waals surface area contributed by atoms with Gasteiger partial charge in [-0.05, 0) is 48.9 Å². The number of ether oxygens (including phenoxy) is 2. The summed E-state index contributed by atoms with van der Waals surface area (Å²) in [5, 5.41) is 5.51. The Hall–Kier alpha value is -3.02. The van der Waals surface area contributed by atoms with E-state index in [0.29, 0.717) is 25.4 Å². The van der Waals surface area contributed by atoms with Crippen molar-refractivity contribution in [1.29, 1.82) is 0 Å². The molecule has 2 aromatic carbocycles. The van der Waals surface area contributed by atoms with Gasteiger partial charge in [-0.3, -0.25) is 9.59 Å². The van der Waals surface area contributed by atoms with E-state index in [1.54, 1.807) is 12.1 Å². The maximum atomic E-state index is 12.0. The van der Waals surface area contributed by atoms with E-state index >= 15 is 0 Å². The minimum absolute atomic E-state index is 0.0763. The molecule has 0 unspecified atom stereocenters. The molecule has 6 heteroatoms. The van der Waals surface area contributed by atoms with E-state index in [1.165, 1.54) is 6.92 Å². The Morgan fingerprint density at radius 2 is 1.54 bits per heavy atom. The van der Waals surface area contributed by atoms with Crippen LogP contribution in [-0.2, 0) is 16.0 Å². The average molecular weight is 356 g/mol. The van der Waals surface area contributed by atoms with Crippen LogP contribution >= 0.6 is 0 Å². The van der Waals surface area contributed by atoms with Crippen molar-refractivity contribution >= 4 is 17.5 Å². The van der Waals surface area contributed by atoms with Gasteiger partial charge in [-0.2, -0.15) is 0 Å². The van der Waals surface area contributed by atoms with Crippen molar-refractivity contribution in [3.05, 3.63) is 54.1 Å². The van der Waals surface area contributed by atoms with Gasteiger partial charge in [0.05, 0.1) is 19.6 Å². The molecular weight excluding hydrogens is 332 g/mol. The molecule has 2 rings (SSSR count). The second-order valence-corrected chi connectivity index (χ2v) is 5.66. The molecule has 0 atom stereocenters. The summed E-state index contributed by atoms with van der Waals surface area (Å²) in [6.07, 6.45) is 0.281. The molecule has 2 N–H and O–H groups in total. The van der Waals surface area contributed by atoms with Crippen molar-refractivity contribution in [2.24, 2.45) is 0 Å². The first-order valence-corrected chi connectivity index (χ1v) is 8.55. The van der Waals surface area contributed by atoms with Crippen LogP contribution in [-0.4, -0.2) is 31.6 Å². The molecule has 0 bridgehead atoms. The Morgan fingerprint density at radius 3 is 2.12 bits per heavy atom. The van der Waals surface area contributed by atoms with Crippen molar-refractivity contribution in [3.8, 4) is 11.5 Å². The lowest BCUT2D eigenvalue weighted by atomic mass is 10.1. The quantitative estimate of drug-likeness (QED) is 0.678. The smallest absolute Gasteiger partial charge is 0.224 e. The summed E-state index contributed by atoms with van der Waals surface area (Å²) >= 11 is 0. The van der Waals surface area contributed by atoms with E-state index in [1.807, 2.05) is 43.3 Å². The number of carbonyl (C=O) groups excluding carboxylic acids is 2. The Labute approximate surface area is 153 Å². The van der Waals surface area contributed by atoms with Crippen LogP contribution in [0, 0.1) is 0 Å². The van der Waals surface area contributed by atoms with Crippen LogP contribution in [0.25, 0.3) is 0 Å². The summed E-state index contributed by atoms with van der Waals surface area (Å²) in [5.41, 5.74) is 1.59. The fourth-order valence-electron chi connectivity index (χ4n) is 2.32. The molecule has 0 radical (unpaired) electrons. The standard InChI is InChI=1S/C20H24N2O4/c1-3-25-18-8-10-19(11-9-18)26-13-12-21-20(24)14-16-4-6-17(7-5-16)22-15(2)23/h4-11H,3,12-14H2,1-2H3,(H,21,24)(H,22,23). The second kappa shape index (κ2) is 10.1. The fourth-order valence-corrected chi connectivity index (χ4v) is 2.32. The third-order valence-corrected chi connectivity index (χ3v) is 3.47. The number of anilines is 1. The summed E-state index contributed by atoms with van der Waals surface area (Å²) in [7, 11) is 0. The zero-order valence-electron chi connectivity index (χ0n) is 15.1. The first kappa shape index (κ1) is 19.3. The molecule has 6 nitrogen and oxygen atoms in total. The lowest BCUT2D eigenvalue weighted by molar-refractivity contribution is -0.120. The molecule has 0 saturated heterocycles. The minimum Gasteiger partial charge on any atom is -0.494 e. The SMILES string of the molecule is CCOc1ccc(OCCNC(=O)Cc2ccc(NC(C)=O)cc2)cc1. The van der Waals surface area contributed by atoms with E-state index < -0.39 is 0 Å². The molecule has 2 aromatic rings. The topological polar surface area (TPSA) is 76.7 Å². The van der Waals surface area contributed by atoms with Crippen molar-refractivity contribution < 1.29 is 19.1 Å². The Balaban J connectivity index is 1.67. The second-order valence-electron chi connectivity index (χ2n) is 5.66. The zero-order chi connectivity index (χ0) is 18.8. The fraction of sp³-hybridized carbons (Fsp3) is 0.300. The molecule has 26 heavy (non-hydrogen) atoms. The van der Waals surface area contributed by atoms with Gasteiger partial charge in [-0.1, -0.05) is 12.1 Å². The number of hydrogen-bond acceptors (Lipinski definition) is 4. The molecule has 0 heterocycles. The van der Waals surface area contributed by atoms with Gasteiger partial charge in [0, 0.05) is 12.6 Å². The predicted octanol–water partition coefficient (Wildman–Crippen LogP) is 2.78. The van der Waals surface area contributed by atoms with E-state index in [4.69, 9.17) is 9.47 Å². The molecule has 0 aliphatic carbocycles. The maximum absolute atomic E-state index is 12.0. The number of nitrogens with one attached hydrogen (secondary N) is 2. The van der Waals surface area contributed by atoms with Crippen LogP contribution in [0.4, 0.5) is 5.69 Å². The molecule has 0 saturated carbocycles. The van der Waals surface area contributed by atoms with E-state index in [-0.39, 0.29) is 18.2 Å². The minimum atomic E-state index is -0.122. The molecule has 2 amide bonds. The number of benzene rings is 2. The third-order valence-electron chi connectivity index (χ3n) is 3.47. The highest BCUT2D eigenvalue weighted by Gasteiger charge is 2.04. The summed E-state index contributed by atoms with van der Waals surface area (Å²) in [4.78, 5) is 22.9. The number of hydrogen-bond donors (Lipinski definition) is 2. The van der Waals surface area contributed by atoms with E-state index in [0.717, 1.165) is 17.1 Å². The highest BCUT2D eigenvalue weighted by atomic mass is 16.5. The van der Waals surface area contributed by atoms with Gasteiger partial charge in [0.25, 0.3) is 0 Å². The molecule has 0 aliphatic rings. The van der Waals surface area contributed by atoms with Gasteiger partial charge in [0.2, 0.25) is 11.8 Å². The Bertz CT molecular complexity index is 712. The first-order chi connectivity index (χ1) is 12.6. The largest absolute Gasteiger partial charge is 0.494 e. The first-order valence-electron chi connectivity index (χ1n) is 8.55. The monoisotopic (exact) mass is 356 g/mol. The van der Waals surface area contributed by atoms with Crippen molar-refractivity contribution in [2.45, 2.75) is 20.3 Å². The summed E-state index contributed by atoms with van der Waals surface area (Å²) in [6.45, 7) is 4.83. The zero-order valence-corrected chi connectivity index (χ0v) is 15.1. The van der Waals surface area contributed by atoms with Crippen LogP contribution in [0.15, 0.2) is 48.5 Å². The lowest BCUT2D eigenvalue weighted by Gasteiger charge is -2.09. The Kier molecular flexibility index (Phi) is 7.49. The third kappa shape index (κ3) is 6.84. The molecule has 0 aromatic heterocycles. The van der Waals surface area contributed by atoms with Gasteiger partial charge in [-0.15, -0.1) is 0 Å². The number of rotatable bonds is 9. The molecule has 0 fully saturated rings.